The fourth-order valence-corrected chi connectivity index (χ4v) is 4.07. The number of fused-ring (bicyclic) bond motifs is 3. The molecule has 3 fully saturated rings. The molecule has 90 valence electrons. The molecule has 1 saturated carbocycles. The number of carbonyl (C=O) groups is 1. The van der Waals surface area contributed by atoms with Crippen LogP contribution in [0.1, 0.15) is 32.1 Å². The van der Waals surface area contributed by atoms with Gasteiger partial charge in [-0.3, -0.25) is 9.69 Å². The van der Waals surface area contributed by atoms with E-state index in [0.717, 1.165) is 25.8 Å². The minimum Gasteiger partial charge on any atom is -0.481 e. The molecule has 0 aromatic heterocycles. The zero-order chi connectivity index (χ0) is 11.3. The van der Waals surface area contributed by atoms with E-state index >= 15 is 0 Å². The summed E-state index contributed by atoms with van der Waals surface area (Å²) in [5, 5.41) is 19.3. The van der Waals surface area contributed by atoms with Crippen LogP contribution in [0.4, 0.5) is 0 Å². The van der Waals surface area contributed by atoms with Gasteiger partial charge in [-0.05, 0) is 38.6 Å². The highest BCUT2D eigenvalue weighted by Crippen LogP contribution is 2.45. The second-order valence-electron chi connectivity index (χ2n) is 5.52. The molecule has 4 heteroatoms. The molecule has 0 radical (unpaired) electrons. The highest BCUT2D eigenvalue weighted by atomic mass is 16.4. The lowest BCUT2D eigenvalue weighted by Crippen LogP contribution is -2.39. The molecule has 2 heterocycles. The molecule has 2 aliphatic heterocycles. The molecule has 0 amide bonds. The molecule has 0 bridgehead atoms. The normalized spacial score (nSPS) is 47.7. The molecule has 4 nitrogen and oxygen atoms in total. The Morgan fingerprint density at radius 3 is 2.75 bits per heavy atom. The molecule has 2 saturated heterocycles. The highest BCUT2D eigenvalue weighted by molar-refractivity contribution is 5.70. The van der Waals surface area contributed by atoms with Gasteiger partial charge in [0.25, 0.3) is 0 Å². The Balaban J connectivity index is 1.77. The van der Waals surface area contributed by atoms with E-state index in [2.05, 4.69) is 4.90 Å². The molecule has 3 aliphatic rings. The predicted molar refractivity (Wildman–Crippen MR) is 58.0 cm³/mol. The Labute approximate surface area is 95.2 Å². The molecule has 16 heavy (non-hydrogen) atoms. The minimum absolute atomic E-state index is 0.208. The van der Waals surface area contributed by atoms with Crippen molar-refractivity contribution in [2.75, 3.05) is 6.54 Å². The first-order chi connectivity index (χ1) is 7.68. The summed E-state index contributed by atoms with van der Waals surface area (Å²) >= 11 is 0. The van der Waals surface area contributed by atoms with Gasteiger partial charge in [-0.2, -0.15) is 0 Å². The van der Waals surface area contributed by atoms with E-state index in [0.29, 0.717) is 18.5 Å². The van der Waals surface area contributed by atoms with E-state index in [1.807, 2.05) is 0 Å². The summed E-state index contributed by atoms with van der Waals surface area (Å²) in [5.41, 5.74) is 0. The molecule has 1 aliphatic carbocycles. The number of nitrogens with zero attached hydrogens (tertiary/aromatic N) is 1. The molecule has 0 spiro atoms. The standard InChI is InChI=1S/C12H19NO3/c14-11-8-6-7(12(15)16)3-4-9(8)13-5-1-2-10(11)13/h7-11,14H,1-6H2,(H,15,16). The Hall–Kier alpha value is -0.610. The van der Waals surface area contributed by atoms with Gasteiger partial charge in [0, 0.05) is 18.0 Å². The maximum Gasteiger partial charge on any atom is 0.306 e. The Bertz CT molecular complexity index is 307. The number of hydrogen-bond acceptors (Lipinski definition) is 3. The van der Waals surface area contributed by atoms with Gasteiger partial charge in [-0.15, -0.1) is 0 Å². The maximum atomic E-state index is 11.0. The molecular weight excluding hydrogens is 206 g/mol. The second-order valence-corrected chi connectivity index (χ2v) is 5.52. The Kier molecular flexibility index (Phi) is 2.44. The molecule has 2 N–H and O–H groups in total. The highest BCUT2D eigenvalue weighted by Gasteiger charge is 2.52. The zero-order valence-electron chi connectivity index (χ0n) is 9.38. The number of carboxylic acid groups (broad SMARTS) is 1. The summed E-state index contributed by atoms with van der Waals surface area (Å²) in [5.74, 6) is -0.700. The number of hydrogen-bond donors (Lipinski definition) is 2. The first-order valence-electron chi connectivity index (χ1n) is 6.35. The van der Waals surface area contributed by atoms with Gasteiger partial charge in [-0.1, -0.05) is 0 Å². The van der Waals surface area contributed by atoms with Crippen LogP contribution >= 0.6 is 0 Å². The minimum atomic E-state index is -0.683. The average Bonchev–Trinajstić information content (AvgIpc) is 2.83. The van der Waals surface area contributed by atoms with Crippen molar-refractivity contribution in [2.45, 2.75) is 50.3 Å². The van der Waals surface area contributed by atoms with Gasteiger partial charge in [0.15, 0.2) is 0 Å². The topological polar surface area (TPSA) is 60.8 Å². The smallest absolute Gasteiger partial charge is 0.306 e. The van der Waals surface area contributed by atoms with Crippen LogP contribution < -0.4 is 0 Å². The Morgan fingerprint density at radius 2 is 2.00 bits per heavy atom. The van der Waals surface area contributed by atoms with E-state index in [-0.39, 0.29) is 17.9 Å². The van der Waals surface area contributed by atoms with Crippen molar-refractivity contribution >= 4 is 5.97 Å². The third-order valence-electron chi connectivity index (χ3n) is 4.81. The lowest BCUT2D eigenvalue weighted by molar-refractivity contribution is -0.144. The maximum absolute atomic E-state index is 11.0. The first kappa shape index (κ1) is 10.5. The summed E-state index contributed by atoms with van der Waals surface area (Å²) in [6, 6.07) is 0.778. The SMILES string of the molecule is O=C(O)C1CCC2C(C1)C(O)C1CCCN12. The summed E-state index contributed by atoms with van der Waals surface area (Å²) in [6.07, 6.45) is 4.41. The van der Waals surface area contributed by atoms with Crippen molar-refractivity contribution in [3.05, 3.63) is 0 Å². The number of aliphatic hydroxyl groups excluding tert-OH is 1. The van der Waals surface area contributed by atoms with Crippen molar-refractivity contribution in [1.82, 2.24) is 4.90 Å². The van der Waals surface area contributed by atoms with Crippen molar-refractivity contribution in [2.24, 2.45) is 11.8 Å². The fourth-order valence-electron chi connectivity index (χ4n) is 4.07. The molecule has 0 aromatic carbocycles. The number of carboxylic acids is 1. The number of aliphatic carboxylic acids is 1. The summed E-state index contributed by atoms with van der Waals surface area (Å²) in [6.45, 7) is 1.10. The van der Waals surface area contributed by atoms with Crippen LogP contribution in [0.15, 0.2) is 0 Å². The summed E-state index contributed by atoms with van der Waals surface area (Å²) in [7, 11) is 0. The quantitative estimate of drug-likeness (QED) is 0.689. The average molecular weight is 225 g/mol. The monoisotopic (exact) mass is 225 g/mol. The van der Waals surface area contributed by atoms with Crippen LogP contribution in [0, 0.1) is 11.8 Å². The molecule has 5 unspecified atom stereocenters. The second kappa shape index (κ2) is 3.70. The number of rotatable bonds is 1. The van der Waals surface area contributed by atoms with Crippen molar-refractivity contribution in [3.63, 3.8) is 0 Å². The molecule has 3 rings (SSSR count). The lowest BCUT2D eigenvalue weighted by atomic mass is 9.76. The molecule has 5 atom stereocenters. The zero-order valence-corrected chi connectivity index (χ0v) is 9.38. The van der Waals surface area contributed by atoms with Gasteiger partial charge in [0.1, 0.15) is 0 Å². The third-order valence-corrected chi connectivity index (χ3v) is 4.81. The van der Waals surface area contributed by atoms with Crippen LogP contribution in [0.5, 0.6) is 0 Å². The van der Waals surface area contributed by atoms with Gasteiger partial charge in [0.05, 0.1) is 12.0 Å². The molecule has 0 aromatic rings. The fraction of sp³-hybridized carbons (Fsp3) is 0.917. The van der Waals surface area contributed by atoms with E-state index < -0.39 is 5.97 Å². The van der Waals surface area contributed by atoms with E-state index in [4.69, 9.17) is 5.11 Å². The third kappa shape index (κ3) is 1.39. The number of aliphatic hydroxyl groups is 1. The summed E-state index contributed by atoms with van der Waals surface area (Å²) in [4.78, 5) is 13.4. The first-order valence-corrected chi connectivity index (χ1v) is 6.35. The van der Waals surface area contributed by atoms with E-state index in [1.165, 1.54) is 6.42 Å². The van der Waals surface area contributed by atoms with Crippen molar-refractivity contribution in [3.8, 4) is 0 Å². The van der Waals surface area contributed by atoms with Gasteiger partial charge in [-0.25, -0.2) is 0 Å². The van der Waals surface area contributed by atoms with Gasteiger partial charge in [0.2, 0.25) is 0 Å². The van der Waals surface area contributed by atoms with Crippen LogP contribution in [0.25, 0.3) is 0 Å². The van der Waals surface area contributed by atoms with Crippen LogP contribution in [-0.4, -0.2) is 45.8 Å². The predicted octanol–water partition coefficient (Wildman–Crippen LogP) is 0.695. The van der Waals surface area contributed by atoms with Crippen LogP contribution in [-0.2, 0) is 4.79 Å². The molecular formula is C12H19NO3. The van der Waals surface area contributed by atoms with Gasteiger partial charge < -0.3 is 10.2 Å². The van der Waals surface area contributed by atoms with Crippen LogP contribution in [0.2, 0.25) is 0 Å². The van der Waals surface area contributed by atoms with Crippen molar-refractivity contribution in [1.29, 1.82) is 0 Å². The van der Waals surface area contributed by atoms with E-state index in [1.54, 1.807) is 0 Å². The Morgan fingerprint density at radius 1 is 1.19 bits per heavy atom. The van der Waals surface area contributed by atoms with Gasteiger partial charge >= 0.3 is 5.97 Å². The largest absolute Gasteiger partial charge is 0.481 e. The van der Waals surface area contributed by atoms with E-state index in [9.17, 15) is 9.90 Å². The summed E-state index contributed by atoms with van der Waals surface area (Å²) < 4.78 is 0. The van der Waals surface area contributed by atoms with Crippen molar-refractivity contribution < 1.29 is 15.0 Å². The van der Waals surface area contributed by atoms with Crippen LogP contribution in [0.3, 0.4) is 0 Å². The lowest BCUT2D eigenvalue weighted by Gasteiger charge is -2.33.